The van der Waals surface area contributed by atoms with Crippen LogP contribution in [0, 0.1) is 5.92 Å². The zero-order valence-electron chi connectivity index (χ0n) is 9.41. The molecule has 0 heterocycles. The number of hydrogen-bond donors (Lipinski definition) is 3. The standard InChI is InChI=1S/C13H16O4/c14-10-4-2-1-3-9(10)13-8(7-12(16)17)5-6-11(13)15/h1-4,8,11,13-15H,5-7H2,(H,16,17). The predicted octanol–water partition coefficient (Wildman–Crippen LogP) is 1.72. The van der Waals surface area contributed by atoms with Crippen molar-refractivity contribution < 1.29 is 20.1 Å². The van der Waals surface area contributed by atoms with Gasteiger partial charge in [-0.25, -0.2) is 0 Å². The monoisotopic (exact) mass is 236 g/mol. The highest BCUT2D eigenvalue weighted by molar-refractivity contribution is 5.67. The van der Waals surface area contributed by atoms with Crippen molar-refractivity contribution >= 4 is 5.97 Å². The molecule has 4 nitrogen and oxygen atoms in total. The van der Waals surface area contributed by atoms with Crippen LogP contribution in [0.5, 0.6) is 5.75 Å². The van der Waals surface area contributed by atoms with Gasteiger partial charge in [0.15, 0.2) is 0 Å². The average molecular weight is 236 g/mol. The molecule has 0 bridgehead atoms. The smallest absolute Gasteiger partial charge is 0.303 e. The number of carboxylic acid groups (broad SMARTS) is 1. The van der Waals surface area contributed by atoms with Crippen LogP contribution in [-0.4, -0.2) is 27.4 Å². The molecule has 0 saturated heterocycles. The van der Waals surface area contributed by atoms with E-state index in [1.54, 1.807) is 24.3 Å². The van der Waals surface area contributed by atoms with Gasteiger partial charge in [0.2, 0.25) is 0 Å². The number of benzene rings is 1. The fourth-order valence-corrected chi connectivity index (χ4v) is 2.74. The van der Waals surface area contributed by atoms with Gasteiger partial charge in [-0.3, -0.25) is 4.79 Å². The maximum atomic E-state index is 10.8. The van der Waals surface area contributed by atoms with Gasteiger partial charge in [-0.2, -0.15) is 0 Å². The van der Waals surface area contributed by atoms with E-state index in [1.165, 1.54) is 0 Å². The quantitative estimate of drug-likeness (QED) is 0.746. The van der Waals surface area contributed by atoms with Crippen LogP contribution >= 0.6 is 0 Å². The van der Waals surface area contributed by atoms with E-state index >= 15 is 0 Å². The fraction of sp³-hybridized carbons (Fsp3) is 0.462. The summed E-state index contributed by atoms with van der Waals surface area (Å²) in [7, 11) is 0. The maximum Gasteiger partial charge on any atom is 0.303 e. The number of carbonyl (C=O) groups is 1. The molecule has 0 amide bonds. The second-order valence-electron chi connectivity index (χ2n) is 4.59. The molecule has 0 aliphatic heterocycles. The topological polar surface area (TPSA) is 77.8 Å². The molecule has 1 fully saturated rings. The minimum Gasteiger partial charge on any atom is -0.508 e. The van der Waals surface area contributed by atoms with Crippen LogP contribution in [0.2, 0.25) is 0 Å². The van der Waals surface area contributed by atoms with Crippen molar-refractivity contribution in [3.63, 3.8) is 0 Å². The maximum absolute atomic E-state index is 10.8. The van der Waals surface area contributed by atoms with Gasteiger partial charge in [-0.1, -0.05) is 18.2 Å². The number of aliphatic hydroxyl groups excluding tert-OH is 1. The van der Waals surface area contributed by atoms with Crippen molar-refractivity contribution in [1.29, 1.82) is 0 Å². The Morgan fingerprint density at radius 1 is 1.29 bits per heavy atom. The van der Waals surface area contributed by atoms with E-state index in [-0.39, 0.29) is 24.0 Å². The molecule has 3 atom stereocenters. The van der Waals surface area contributed by atoms with Gasteiger partial charge in [0.05, 0.1) is 6.10 Å². The number of carboxylic acids is 1. The van der Waals surface area contributed by atoms with E-state index < -0.39 is 12.1 Å². The summed E-state index contributed by atoms with van der Waals surface area (Å²) in [6.45, 7) is 0. The molecule has 0 radical (unpaired) electrons. The van der Waals surface area contributed by atoms with Crippen LogP contribution in [0.3, 0.4) is 0 Å². The minimum absolute atomic E-state index is 0.0378. The molecule has 1 aromatic rings. The third-order valence-electron chi connectivity index (χ3n) is 3.49. The number of aliphatic hydroxyl groups is 1. The molecule has 2 rings (SSSR count). The Hall–Kier alpha value is -1.55. The van der Waals surface area contributed by atoms with E-state index in [0.29, 0.717) is 18.4 Å². The molecule has 1 aliphatic rings. The SMILES string of the molecule is O=C(O)CC1CCC(O)C1c1ccccc1O. The van der Waals surface area contributed by atoms with Crippen molar-refractivity contribution in [2.75, 3.05) is 0 Å². The van der Waals surface area contributed by atoms with Crippen LogP contribution in [0.4, 0.5) is 0 Å². The summed E-state index contributed by atoms with van der Waals surface area (Å²) in [4.78, 5) is 10.8. The number of hydrogen-bond acceptors (Lipinski definition) is 3. The highest BCUT2D eigenvalue weighted by Crippen LogP contribution is 2.44. The number of aliphatic carboxylic acids is 1. The number of rotatable bonds is 3. The highest BCUT2D eigenvalue weighted by Gasteiger charge is 2.38. The van der Waals surface area contributed by atoms with Gasteiger partial charge >= 0.3 is 5.97 Å². The normalized spacial score (nSPS) is 28.2. The summed E-state index contributed by atoms with van der Waals surface area (Å²) in [5.41, 5.74) is 0.656. The molecule has 0 spiro atoms. The molecule has 0 aromatic heterocycles. The Morgan fingerprint density at radius 2 is 2.00 bits per heavy atom. The zero-order valence-corrected chi connectivity index (χ0v) is 9.41. The summed E-state index contributed by atoms with van der Waals surface area (Å²) in [6, 6.07) is 6.83. The number of phenols is 1. The highest BCUT2D eigenvalue weighted by atomic mass is 16.4. The second kappa shape index (κ2) is 4.75. The lowest BCUT2D eigenvalue weighted by Gasteiger charge is -2.22. The molecular weight excluding hydrogens is 220 g/mol. The summed E-state index contributed by atoms with van der Waals surface area (Å²) < 4.78 is 0. The van der Waals surface area contributed by atoms with Gasteiger partial charge in [0, 0.05) is 12.3 Å². The third-order valence-corrected chi connectivity index (χ3v) is 3.49. The van der Waals surface area contributed by atoms with E-state index in [4.69, 9.17) is 5.11 Å². The first kappa shape index (κ1) is 11.9. The van der Waals surface area contributed by atoms with E-state index in [0.717, 1.165) is 0 Å². The lowest BCUT2D eigenvalue weighted by Crippen LogP contribution is -2.19. The van der Waals surface area contributed by atoms with Crippen molar-refractivity contribution in [3.8, 4) is 5.75 Å². The van der Waals surface area contributed by atoms with Crippen molar-refractivity contribution in [2.24, 2.45) is 5.92 Å². The number of aromatic hydroxyl groups is 1. The summed E-state index contributed by atoms with van der Waals surface area (Å²) in [5.74, 6) is -1.10. The van der Waals surface area contributed by atoms with Crippen LogP contribution in [0.1, 0.15) is 30.7 Å². The molecule has 1 aromatic carbocycles. The van der Waals surface area contributed by atoms with Gasteiger partial charge in [0.25, 0.3) is 0 Å². The van der Waals surface area contributed by atoms with Gasteiger partial charge in [-0.15, -0.1) is 0 Å². The Labute approximate surface area is 99.5 Å². The van der Waals surface area contributed by atoms with Gasteiger partial charge < -0.3 is 15.3 Å². The molecule has 1 saturated carbocycles. The Morgan fingerprint density at radius 3 is 2.65 bits per heavy atom. The molecule has 17 heavy (non-hydrogen) atoms. The number of phenolic OH excluding ortho intramolecular Hbond substituents is 1. The second-order valence-corrected chi connectivity index (χ2v) is 4.59. The van der Waals surface area contributed by atoms with Crippen LogP contribution < -0.4 is 0 Å². The first-order valence-corrected chi connectivity index (χ1v) is 5.77. The van der Waals surface area contributed by atoms with Crippen LogP contribution in [0.25, 0.3) is 0 Å². The van der Waals surface area contributed by atoms with Crippen molar-refractivity contribution in [1.82, 2.24) is 0 Å². The summed E-state index contributed by atoms with van der Waals surface area (Å²) in [5, 5.41) is 28.6. The molecule has 4 heteroatoms. The van der Waals surface area contributed by atoms with Crippen molar-refractivity contribution in [2.45, 2.75) is 31.3 Å². The largest absolute Gasteiger partial charge is 0.508 e. The summed E-state index contributed by atoms with van der Waals surface area (Å²) in [6.07, 6.45) is 0.757. The van der Waals surface area contributed by atoms with Crippen LogP contribution in [-0.2, 0) is 4.79 Å². The molecule has 1 aliphatic carbocycles. The average Bonchev–Trinajstić information content (AvgIpc) is 2.60. The first-order valence-electron chi connectivity index (χ1n) is 5.77. The minimum atomic E-state index is -0.857. The molecular formula is C13H16O4. The van der Waals surface area contributed by atoms with Crippen molar-refractivity contribution in [3.05, 3.63) is 29.8 Å². The Kier molecular flexibility index (Phi) is 3.33. The molecule has 3 unspecified atom stereocenters. The van der Waals surface area contributed by atoms with Crippen LogP contribution in [0.15, 0.2) is 24.3 Å². The van der Waals surface area contributed by atoms with E-state index in [1.807, 2.05) is 0 Å². The molecule has 92 valence electrons. The molecule has 3 N–H and O–H groups in total. The first-order chi connectivity index (χ1) is 8.09. The Bertz CT molecular complexity index is 416. The number of para-hydroxylation sites is 1. The fourth-order valence-electron chi connectivity index (χ4n) is 2.74. The summed E-state index contributed by atoms with van der Waals surface area (Å²) >= 11 is 0. The van der Waals surface area contributed by atoms with Gasteiger partial charge in [0.1, 0.15) is 5.75 Å². The van der Waals surface area contributed by atoms with E-state index in [2.05, 4.69) is 0 Å². The lowest BCUT2D eigenvalue weighted by atomic mass is 9.85. The zero-order chi connectivity index (χ0) is 12.4. The Balaban J connectivity index is 2.27. The lowest BCUT2D eigenvalue weighted by molar-refractivity contribution is -0.138. The van der Waals surface area contributed by atoms with Gasteiger partial charge in [-0.05, 0) is 30.4 Å². The van der Waals surface area contributed by atoms with E-state index in [9.17, 15) is 15.0 Å². The predicted molar refractivity (Wildman–Crippen MR) is 61.8 cm³/mol. The third kappa shape index (κ3) is 2.42.